The van der Waals surface area contributed by atoms with Crippen molar-refractivity contribution in [1.82, 2.24) is 0 Å². The molecular formula is C13H25NaO5S. The topological polar surface area (TPSA) is 94.5 Å². The maximum absolute atomic E-state index is 11.3. The first-order valence-electron chi connectivity index (χ1n) is 7.02. The van der Waals surface area contributed by atoms with E-state index in [2.05, 4.69) is 6.92 Å². The molecule has 0 fully saturated rings. The molecule has 5 nitrogen and oxygen atoms in total. The molecule has 0 aromatic rings. The molecule has 0 amide bonds. The monoisotopic (exact) mass is 316 g/mol. The van der Waals surface area contributed by atoms with Crippen LogP contribution in [-0.2, 0) is 14.9 Å². The number of rotatable bonds is 12. The van der Waals surface area contributed by atoms with Gasteiger partial charge in [0, 0.05) is 12.8 Å². The van der Waals surface area contributed by atoms with Crippen LogP contribution in [0.2, 0.25) is 0 Å². The number of carbonyl (C=O) groups excluding carboxylic acids is 1. The SMILES string of the molecule is CCCCCCCCCCC(=O)CC(O)S(=O)(=O)[O-].[Na+]. The molecule has 0 spiro atoms. The maximum atomic E-state index is 11.3. The molecule has 0 aliphatic rings. The fourth-order valence-corrected chi connectivity index (χ4v) is 2.24. The average molecular weight is 316 g/mol. The van der Waals surface area contributed by atoms with Gasteiger partial charge in [-0.1, -0.05) is 51.9 Å². The van der Waals surface area contributed by atoms with Crippen molar-refractivity contribution in [3.8, 4) is 0 Å². The smallest absolute Gasteiger partial charge is 0.746 e. The summed E-state index contributed by atoms with van der Waals surface area (Å²) in [7, 11) is -4.76. The van der Waals surface area contributed by atoms with Crippen molar-refractivity contribution in [3.63, 3.8) is 0 Å². The minimum absolute atomic E-state index is 0. The zero-order chi connectivity index (χ0) is 14.7. The van der Waals surface area contributed by atoms with Crippen LogP contribution in [0, 0.1) is 0 Å². The number of hydrogen-bond acceptors (Lipinski definition) is 5. The van der Waals surface area contributed by atoms with Crippen LogP contribution in [0.15, 0.2) is 0 Å². The van der Waals surface area contributed by atoms with Crippen molar-refractivity contribution >= 4 is 15.9 Å². The molecular weight excluding hydrogens is 291 g/mol. The van der Waals surface area contributed by atoms with Crippen molar-refractivity contribution < 1.29 is 52.4 Å². The minimum Gasteiger partial charge on any atom is -0.746 e. The summed E-state index contributed by atoms with van der Waals surface area (Å²) >= 11 is 0. The molecule has 1 atom stereocenters. The Hall–Kier alpha value is 0.540. The first-order valence-corrected chi connectivity index (χ1v) is 8.49. The van der Waals surface area contributed by atoms with E-state index in [-0.39, 0.29) is 41.8 Å². The van der Waals surface area contributed by atoms with Gasteiger partial charge in [0.2, 0.25) is 0 Å². The van der Waals surface area contributed by atoms with Gasteiger partial charge in [-0.15, -0.1) is 0 Å². The molecule has 20 heavy (non-hydrogen) atoms. The van der Waals surface area contributed by atoms with Gasteiger partial charge >= 0.3 is 29.6 Å². The second-order valence-electron chi connectivity index (χ2n) is 4.92. The van der Waals surface area contributed by atoms with E-state index in [1.807, 2.05) is 0 Å². The zero-order valence-corrected chi connectivity index (χ0v) is 15.5. The van der Waals surface area contributed by atoms with E-state index in [1.54, 1.807) is 0 Å². The van der Waals surface area contributed by atoms with Gasteiger partial charge in [0.25, 0.3) is 0 Å². The molecule has 0 aliphatic carbocycles. The van der Waals surface area contributed by atoms with E-state index in [4.69, 9.17) is 5.11 Å². The average Bonchev–Trinajstić information content (AvgIpc) is 2.31. The summed E-state index contributed by atoms with van der Waals surface area (Å²) in [5.41, 5.74) is -2.09. The normalized spacial score (nSPS) is 12.8. The number of unbranched alkanes of at least 4 members (excludes halogenated alkanes) is 7. The van der Waals surface area contributed by atoms with Crippen LogP contribution in [0.4, 0.5) is 0 Å². The Labute approximate surface area is 144 Å². The number of carbonyl (C=O) groups is 1. The van der Waals surface area contributed by atoms with Gasteiger partial charge in [-0.25, -0.2) is 8.42 Å². The van der Waals surface area contributed by atoms with Crippen molar-refractivity contribution in [1.29, 1.82) is 0 Å². The Balaban J connectivity index is 0. The predicted molar refractivity (Wildman–Crippen MR) is 72.6 cm³/mol. The first kappa shape index (κ1) is 22.8. The molecule has 0 radical (unpaired) electrons. The third-order valence-corrected chi connectivity index (χ3v) is 3.88. The third-order valence-electron chi connectivity index (χ3n) is 3.04. The molecule has 114 valence electrons. The second kappa shape index (κ2) is 13.2. The summed E-state index contributed by atoms with van der Waals surface area (Å²) in [4.78, 5) is 11.3. The second-order valence-corrected chi connectivity index (χ2v) is 6.44. The van der Waals surface area contributed by atoms with Crippen LogP contribution in [0.5, 0.6) is 0 Å². The standard InChI is InChI=1S/C13H26O5S.Na/c1-2-3-4-5-6-7-8-9-10-12(14)11-13(15)19(16,17)18;/h13,15H,2-11H2,1H3,(H,16,17,18);/q;+1/p-1. The molecule has 0 saturated carbocycles. The Morgan fingerprint density at radius 2 is 1.50 bits per heavy atom. The molecule has 7 heteroatoms. The quantitative estimate of drug-likeness (QED) is 0.293. The van der Waals surface area contributed by atoms with E-state index < -0.39 is 22.0 Å². The van der Waals surface area contributed by atoms with Crippen molar-refractivity contribution in [3.05, 3.63) is 0 Å². The zero-order valence-electron chi connectivity index (χ0n) is 12.6. The van der Waals surface area contributed by atoms with Crippen LogP contribution in [0.3, 0.4) is 0 Å². The maximum Gasteiger partial charge on any atom is 1.00 e. The number of ketones is 1. The van der Waals surface area contributed by atoms with Gasteiger partial charge in [-0.3, -0.25) is 4.79 Å². The summed E-state index contributed by atoms with van der Waals surface area (Å²) in [6, 6.07) is 0. The molecule has 0 bridgehead atoms. The van der Waals surface area contributed by atoms with Crippen molar-refractivity contribution in [2.24, 2.45) is 0 Å². The molecule has 0 heterocycles. The third kappa shape index (κ3) is 13.5. The summed E-state index contributed by atoms with van der Waals surface area (Å²) in [6.45, 7) is 2.17. The molecule has 0 rings (SSSR count). The number of aliphatic hydroxyl groups excluding tert-OH is 1. The van der Waals surface area contributed by atoms with Crippen LogP contribution in [0.25, 0.3) is 0 Å². The van der Waals surface area contributed by atoms with Crippen LogP contribution < -0.4 is 29.6 Å². The molecule has 0 aromatic carbocycles. The van der Waals surface area contributed by atoms with Crippen LogP contribution in [-0.4, -0.2) is 29.3 Å². The van der Waals surface area contributed by atoms with Gasteiger partial charge < -0.3 is 9.66 Å². The van der Waals surface area contributed by atoms with Gasteiger partial charge in [-0.05, 0) is 6.42 Å². The molecule has 0 saturated heterocycles. The van der Waals surface area contributed by atoms with E-state index in [0.717, 1.165) is 19.3 Å². The predicted octanol–water partition coefficient (Wildman–Crippen LogP) is -0.656. The van der Waals surface area contributed by atoms with Crippen LogP contribution >= 0.6 is 0 Å². The van der Waals surface area contributed by atoms with Crippen molar-refractivity contribution in [2.45, 2.75) is 76.6 Å². The minimum atomic E-state index is -4.76. The fourth-order valence-electron chi connectivity index (χ4n) is 1.85. The molecule has 1 unspecified atom stereocenters. The fraction of sp³-hybridized carbons (Fsp3) is 0.923. The molecule has 0 aromatic heterocycles. The Morgan fingerprint density at radius 3 is 1.95 bits per heavy atom. The summed E-state index contributed by atoms with van der Waals surface area (Å²) in [6.07, 6.45) is 8.46. The molecule has 1 N–H and O–H groups in total. The van der Waals surface area contributed by atoms with E-state index in [0.29, 0.717) is 6.42 Å². The van der Waals surface area contributed by atoms with E-state index in [9.17, 15) is 17.8 Å². The summed E-state index contributed by atoms with van der Waals surface area (Å²) in [5, 5.41) is 8.96. The Bertz CT molecular complexity index is 343. The summed E-state index contributed by atoms with van der Waals surface area (Å²) in [5.74, 6) is -0.363. The van der Waals surface area contributed by atoms with Crippen molar-refractivity contribution in [2.75, 3.05) is 0 Å². The largest absolute Gasteiger partial charge is 1.00 e. The van der Waals surface area contributed by atoms with Gasteiger partial charge in [0.1, 0.15) is 21.3 Å². The number of Topliss-reactive ketones (excluding diaryl/α,β-unsaturated/α-hetero) is 1. The first-order chi connectivity index (χ1) is 8.88. The van der Waals surface area contributed by atoms with Crippen LogP contribution in [0.1, 0.15) is 71.1 Å². The van der Waals surface area contributed by atoms with Gasteiger partial charge in [-0.2, -0.15) is 0 Å². The summed E-state index contributed by atoms with van der Waals surface area (Å²) < 4.78 is 31.2. The Morgan fingerprint density at radius 1 is 1.05 bits per heavy atom. The van der Waals surface area contributed by atoms with E-state index >= 15 is 0 Å². The molecule has 0 aliphatic heterocycles. The van der Waals surface area contributed by atoms with Gasteiger partial charge in [0.05, 0.1) is 0 Å². The van der Waals surface area contributed by atoms with Gasteiger partial charge in [0.15, 0.2) is 0 Å². The number of aliphatic hydroxyl groups is 1. The number of hydrogen-bond donors (Lipinski definition) is 1. The van der Waals surface area contributed by atoms with E-state index in [1.165, 1.54) is 25.7 Å². The Kier molecular flexibility index (Phi) is 15.1.